The normalized spacial score (nSPS) is 32.5. The minimum absolute atomic E-state index is 0.0952. The molecule has 0 spiro atoms. The first kappa shape index (κ1) is 21.3. The molecule has 1 atom stereocenters. The Bertz CT molecular complexity index is 886. The van der Waals surface area contributed by atoms with Crippen molar-refractivity contribution in [3.8, 4) is 11.8 Å². The monoisotopic (exact) mass is 435 g/mol. The third kappa shape index (κ3) is 4.10. The fourth-order valence-electron chi connectivity index (χ4n) is 7.19. The SMILES string of the molecule is N#CCCCOc1cccc(NC(=O)[C@H]2CCCN2C(=O)C23CC4CC(CC(C4)C2)C3)c1. The quantitative estimate of drug-likeness (QED) is 0.639. The first-order chi connectivity index (χ1) is 15.6. The van der Waals surface area contributed by atoms with Crippen molar-refractivity contribution >= 4 is 17.5 Å². The third-order valence-electron chi connectivity index (χ3n) is 8.11. The highest BCUT2D eigenvalue weighted by atomic mass is 16.5. The smallest absolute Gasteiger partial charge is 0.247 e. The van der Waals surface area contributed by atoms with Gasteiger partial charge in [-0.1, -0.05) is 6.07 Å². The van der Waals surface area contributed by atoms with Crippen molar-refractivity contribution in [3.05, 3.63) is 24.3 Å². The van der Waals surface area contributed by atoms with Crippen molar-refractivity contribution in [1.29, 1.82) is 5.26 Å². The van der Waals surface area contributed by atoms with Crippen LogP contribution in [0, 0.1) is 34.5 Å². The summed E-state index contributed by atoms with van der Waals surface area (Å²) in [5.41, 5.74) is 0.483. The summed E-state index contributed by atoms with van der Waals surface area (Å²) in [6.45, 7) is 1.17. The summed E-state index contributed by atoms with van der Waals surface area (Å²) < 4.78 is 5.69. The van der Waals surface area contributed by atoms with E-state index in [0.29, 0.717) is 37.4 Å². The van der Waals surface area contributed by atoms with E-state index in [1.807, 2.05) is 29.2 Å². The van der Waals surface area contributed by atoms with Crippen LogP contribution in [0.4, 0.5) is 5.69 Å². The van der Waals surface area contributed by atoms with Gasteiger partial charge in [0.25, 0.3) is 0 Å². The van der Waals surface area contributed by atoms with Crippen LogP contribution < -0.4 is 10.1 Å². The van der Waals surface area contributed by atoms with Crippen molar-refractivity contribution in [2.45, 2.75) is 70.3 Å². The first-order valence-electron chi connectivity index (χ1n) is 12.3. The Hall–Kier alpha value is -2.55. The Balaban J connectivity index is 1.24. The highest BCUT2D eigenvalue weighted by Crippen LogP contribution is 2.60. The molecule has 170 valence electrons. The van der Waals surface area contributed by atoms with Gasteiger partial charge in [-0.15, -0.1) is 0 Å². The number of unbranched alkanes of at least 4 members (excludes halogenated alkanes) is 1. The number of carbonyl (C=O) groups excluding carboxylic acids is 2. The molecule has 32 heavy (non-hydrogen) atoms. The average molecular weight is 436 g/mol. The second kappa shape index (κ2) is 8.77. The minimum atomic E-state index is -0.379. The van der Waals surface area contributed by atoms with Crippen molar-refractivity contribution in [2.75, 3.05) is 18.5 Å². The van der Waals surface area contributed by atoms with Crippen LogP contribution in [0.2, 0.25) is 0 Å². The summed E-state index contributed by atoms with van der Waals surface area (Å²) in [6, 6.07) is 9.08. The maximum Gasteiger partial charge on any atom is 0.247 e. The highest BCUT2D eigenvalue weighted by molar-refractivity contribution is 5.98. The molecule has 1 aromatic carbocycles. The van der Waals surface area contributed by atoms with E-state index in [9.17, 15) is 9.59 Å². The predicted octanol–water partition coefficient (Wildman–Crippen LogP) is 4.52. The molecular formula is C26H33N3O3. The van der Waals surface area contributed by atoms with Gasteiger partial charge in [-0.3, -0.25) is 9.59 Å². The average Bonchev–Trinajstić information content (AvgIpc) is 3.25. The Morgan fingerprint density at radius 1 is 1.16 bits per heavy atom. The number of hydrogen-bond acceptors (Lipinski definition) is 4. The van der Waals surface area contributed by atoms with Gasteiger partial charge in [-0.25, -0.2) is 0 Å². The lowest BCUT2D eigenvalue weighted by Crippen LogP contribution is -2.56. The molecule has 1 aliphatic heterocycles. The molecule has 0 aromatic heterocycles. The van der Waals surface area contributed by atoms with E-state index < -0.39 is 0 Å². The molecule has 5 aliphatic rings. The zero-order valence-electron chi connectivity index (χ0n) is 18.7. The summed E-state index contributed by atoms with van der Waals surface area (Å²) in [7, 11) is 0. The molecule has 6 nitrogen and oxygen atoms in total. The molecule has 4 bridgehead atoms. The van der Waals surface area contributed by atoms with Gasteiger partial charge in [0.1, 0.15) is 11.8 Å². The Morgan fingerprint density at radius 3 is 2.56 bits per heavy atom. The molecule has 1 saturated heterocycles. The number of nitrogens with zero attached hydrogens (tertiary/aromatic N) is 2. The van der Waals surface area contributed by atoms with Crippen molar-refractivity contribution in [1.82, 2.24) is 4.90 Å². The number of likely N-dealkylation sites (tertiary alicyclic amines) is 1. The highest BCUT2D eigenvalue weighted by Gasteiger charge is 2.56. The number of benzene rings is 1. The summed E-state index contributed by atoms with van der Waals surface area (Å²) in [5, 5.41) is 11.7. The molecule has 5 fully saturated rings. The van der Waals surface area contributed by atoms with Crippen LogP contribution >= 0.6 is 0 Å². The van der Waals surface area contributed by atoms with Crippen molar-refractivity contribution in [2.24, 2.45) is 23.2 Å². The van der Waals surface area contributed by atoms with Crippen LogP contribution in [0.3, 0.4) is 0 Å². The van der Waals surface area contributed by atoms with Gasteiger partial charge in [0, 0.05) is 24.7 Å². The zero-order chi connectivity index (χ0) is 22.1. The number of rotatable bonds is 7. The fraction of sp³-hybridized carbons (Fsp3) is 0.654. The second-order valence-corrected chi connectivity index (χ2v) is 10.5. The zero-order valence-corrected chi connectivity index (χ0v) is 18.7. The van der Waals surface area contributed by atoms with E-state index in [4.69, 9.17) is 10.00 Å². The molecule has 1 heterocycles. The topological polar surface area (TPSA) is 82.4 Å². The molecular weight excluding hydrogens is 402 g/mol. The van der Waals surface area contributed by atoms with Crippen LogP contribution in [-0.2, 0) is 9.59 Å². The van der Waals surface area contributed by atoms with Crippen molar-refractivity contribution < 1.29 is 14.3 Å². The molecule has 4 saturated carbocycles. The number of hydrogen-bond donors (Lipinski definition) is 1. The summed E-state index contributed by atoms with van der Waals surface area (Å²) in [4.78, 5) is 28.9. The Morgan fingerprint density at radius 2 is 1.88 bits per heavy atom. The van der Waals surface area contributed by atoms with Crippen LogP contribution in [0.15, 0.2) is 24.3 Å². The lowest BCUT2D eigenvalue weighted by Gasteiger charge is -2.56. The molecule has 1 N–H and O–H groups in total. The molecule has 0 radical (unpaired) electrons. The van der Waals surface area contributed by atoms with Gasteiger partial charge in [-0.2, -0.15) is 5.26 Å². The molecule has 1 aromatic rings. The number of anilines is 1. The van der Waals surface area contributed by atoms with E-state index in [1.54, 1.807) is 0 Å². The number of nitrogens with one attached hydrogen (secondary N) is 1. The number of ether oxygens (including phenoxy) is 1. The van der Waals surface area contributed by atoms with E-state index in [1.165, 1.54) is 19.3 Å². The minimum Gasteiger partial charge on any atom is -0.493 e. The first-order valence-corrected chi connectivity index (χ1v) is 12.3. The Labute approximate surface area is 190 Å². The van der Waals surface area contributed by atoms with Gasteiger partial charge in [0.05, 0.1) is 18.1 Å². The van der Waals surface area contributed by atoms with Gasteiger partial charge in [0.2, 0.25) is 11.8 Å². The predicted molar refractivity (Wildman–Crippen MR) is 121 cm³/mol. The van der Waals surface area contributed by atoms with Crippen LogP contribution in [0.25, 0.3) is 0 Å². The Kier molecular flexibility index (Phi) is 5.84. The second-order valence-electron chi connectivity index (χ2n) is 10.5. The largest absolute Gasteiger partial charge is 0.493 e. The van der Waals surface area contributed by atoms with E-state index in [-0.39, 0.29) is 23.3 Å². The fourth-order valence-corrected chi connectivity index (χ4v) is 7.19. The lowest BCUT2D eigenvalue weighted by atomic mass is 9.49. The standard InChI is InChI=1S/C26H33N3O3/c27-8-1-2-10-32-22-6-3-5-21(14-22)28-24(30)23-7-4-9-29(23)25(31)26-15-18-11-19(16-26)13-20(12-18)17-26/h3,5-6,14,18-20,23H,1-2,4,7,9-13,15-17H2,(H,28,30)/t18?,19?,20?,23-,26?/m1/s1. The molecule has 2 amide bonds. The molecule has 6 rings (SSSR count). The van der Waals surface area contributed by atoms with Crippen LogP contribution in [0.5, 0.6) is 5.75 Å². The number of carbonyl (C=O) groups is 2. The third-order valence-corrected chi connectivity index (χ3v) is 8.11. The molecule has 0 unspecified atom stereocenters. The van der Waals surface area contributed by atoms with E-state index >= 15 is 0 Å². The maximum absolute atomic E-state index is 13.8. The van der Waals surface area contributed by atoms with E-state index in [2.05, 4.69) is 11.4 Å². The van der Waals surface area contributed by atoms with Gasteiger partial charge in [-0.05, 0) is 87.7 Å². The van der Waals surface area contributed by atoms with Crippen LogP contribution in [0.1, 0.15) is 64.2 Å². The van der Waals surface area contributed by atoms with E-state index in [0.717, 1.165) is 49.9 Å². The number of amides is 2. The summed E-state index contributed by atoms with van der Waals surface area (Å²) in [6.07, 6.45) is 9.80. The van der Waals surface area contributed by atoms with Gasteiger partial charge >= 0.3 is 0 Å². The summed E-state index contributed by atoms with van der Waals surface area (Å²) >= 11 is 0. The number of nitriles is 1. The van der Waals surface area contributed by atoms with Crippen LogP contribution in [-0.4, -0.2) is 35.9 Å². The maximum atomic E-state index is 13.8. The summed E-state index contributed by atoms with van der Waals surface area (Å²) in [5.74, 6) is 2.99. The van der Waals surface area contributed by atoms with Gasteiger partial charge < -0.3 is 15.0 Å². The molecule has 6 heteroatoms. The van der Waals surface area contributed by atoms with Crippen molar-refractivity contribution in [3.63, 3.8) is 0 Å². The molecule has 4 aliphatic carbocycles. The van der Waals surface area contributed by atoms with Gasteiger partial charge in [0.15, 0.2) is 0 Å². The lowest BCUT2D eigenvalue weighted by molar-refractivity contribution is -0.160.